The molecule has 7 aliphatic rings. The van der Waals surface area contributed by atoms with E-state index in [4.69, 9.17) is 4.74 Å². The monoisotopic (exact) mass is 879 g/mol. The van der Waals surface area contributed by atoms with E-state index in [-0.39, 0.29) is 53.9 Å². The molecule has 342 valence electrons. The lowest BCUT2D eigenvalue weighted by atomic mass is 9.32. The molecule has 0 aromatic heterocycles. The highest BCUT2D eigenvalue weighted by Gasteiger charge is 2.74. The average Bonchev–Trinajstić information content (AvgIpc) is 3.53. The first-order valence-corrected chi connectivity index (χ1v) is 23.6. The van der Waals surface area contributed by atoms with Crippen LogP contribution in [-0.2, 0) is 11.3 Å². The minimum Gasteiger partial charge on any atom is -0.446 e. The Kier molecular flexibility index (Phi) is 11.3. The van der Waals surface area contributed by atoms with Gasteiger partial charge in [-0.15, -0.1) is 13.2 Å². The van der Waals surface area contributed by atoms with Gasteiger partial charge in [0.15, 0.2) is 5.78 Å². The van der Waals surface area contributed by atoms with Crippen molar-refractivity contribution < 1.29 is 42.4 Å². The number of carbonyl (C=O) groups excluding carboxylic acids is 2. The molecule has 7 aliphatic carbocycles. The summed E-state index contributed by atoms with van der Waals surface area (Å²) in [6.07, 6.45) is 7.91. The number of Topliss-reactive ketones (excluding diaryl/α,β-unsaturated/α-hetero) is 1. The number of rotatable bonds is 10. The number of alkyl halides is 3. The summed E-state index contributed by atoms with van der Waals surface area (Å²) in [6.45, 7) is 11.0. The van der Waals surface area contributed by atoms with Crippen LogP contribution in [0, 0.1) is 51.2 Å². The Labute approximate surface area is 376 Å². The molecule has 4 saturated carbocycles. The number of nitrogens with zero attached hydrogens (tertiary/aromatic N) is 1. The molecule has 7 nitrogen and oxygen atoms in total. The molecular formula is C54H64F3NO6. The zero-order chi connectivity index (χ0) is 45.5. The molecule has 2 bridgehead atoms. The van der Waals surface area contributed by atoms with Gasteiger partial charge in [-0.1, -0.05) is 126 Å². The highest BCUT2D eigenvalue weighted by Crippen LogP contribution is 2.78. The van der Waals surface area contributed by atoms with E-state index in [1.807, 2.05) is 42.5 Å². The van der Waals surface area contributed by atoms with Crippen LogP contribution in [0.1, 0.15) is 115 Å². The highest BCUT2D eigenvalue weighted by molar-refractivity contribution is 6.10. The fourth-order valence-electron chi connectivity index (χ4n) is 14.2. The molecule has 2 N–H and O–H groups in total. The van der Waals surface area contributed by atoms with Gasteiger partial charge in [0, 0.05) is 33.9 Å². The van der Waals surface area contributed by atoms with E-state index in [1.165, 1.54) is 24.3 Å². The molecule has 3 aromatic rings. The molecule has 10 heteroatoms. The van der Waals surface area contributed by atoms with Crippen LogP contribution in [0.2, 0.25) is 0 Å². The van der Waals surface area contributed by atoms with Crippen molar-refractivity contribution in [2.75, 3.05) is 6.54 Å². The molecule has 3 aromatic carbocycles. The third-order valence-corrected chi connectivity index (χ3v) is 17.7. The average molecular weight is 880 g/mol. The first-order valence-electron chi connectivity index (χ1n) is 23.6. The third-order valence-electron chi connectivity index (χ3n) is 17.7. The lowest BCUT2D eigenvalue weighted by molar-refractivity contribution is -0.274. The lowest BCUT2D eigenvalue weighted by Gasteiger charge is -2.71. The normalized spacial score (nSPS) is 36.4. The second-order valence-electron chi connectivity index (χ2n) is 21.4. The van der Waals surface area contributed by atoms with E-state index in [0.717, 1.165) is 48.8 Å². The zero-order valence-electron chi connectivity index (χ0n) is 37.9. The predicted molar refractivity (Wildman–Crippen MR) is 240 cm³/mol. The van der Waals surface area contributed by atoms with Crippen molar-refractivity contribution in [3.8, 4) is 16.9 Å². The number of allylic oxidation sites excluding steroid dienone is 4. The van der Waals surface area contributed by atoms with E-state index in [1.54, 1.807) is 4.90 Å². The van der Waals surface area contributed by atoms with Gasteiger partial charge in [0.05, 0.1) is 18.2 Å². The van der Waals surface area contributed by atoms with Gasteiger partial charge in [-0.2, -0.15) is 0 Å². The molecule has 0 aliphatic heterocycles. The van der Waals surface area contributed by atoms with Gasteiger partial charge in [-0.3, -0.25) is 4.79 Å². The fraction of sp³-hybridized carbons (Fsp3) is 0.556. The fourth-order valence-corrected chi connectivity index (χ4v) is 14.2. The Balaban J connectivity index is 1.07. The number of benzene rings is 3. The molecule has 0 saturated heterocycles. The van der Waals surface area contributed by atoms with Gasteiger partial charge in [-0.25, -0.2) is 4.79 Å². The summed E-state index contributed by atoms with van der Waals surface area (Å²) in [4.78, 5) is 31.5. The number of ketones is 1. The van der Waals surface area contributed by atoms with Gasteiger partial charge in [0.2, 0.25) is 0 Å². The number of ether oxygens (including phenoxy) is 2. The number of hydrogen-bond donors (Lipinski definition) is 2. The molecule has 2 spiro atoms. The van der Waals surface area contributed by atoms with E-state index < -0.39 is 40.4 Å². The molecule has 10 rings (SSSR count). The summed E-state index contributed by atoms with van der Waals surface area (Å²) in [5, 5.41) is 24.6. The van der Waals surface area contributed by atoms with Gasteiger partial charge in [0.25, 0.3) is 0 Å². The van der Waals surface area contributed by atoms with Crippen molar-refractivity contribution >= 4 is 11.9 Å². The smallest absolute Gasteiger partial charge is 0.446 e. The number of hydrogen-bond acceptors (Lipinski definition) is 6. The third kappa shape index (κ3) is 7.43. The summed E-state index contributed by atoms with van der Waals surface area (Å²) in [5.74, 6) is 0.418. The van der Waals surface area contributed by atoms with Gasteiger partial charge >= 0.3 is 12.5 Å². The Morgan fingerprint density at radius 3 is 2.17 bits per heavy atom. The van der Waals surface area contributed by atoms with Crippen molar-refractivity contribution in [3.63, 3.8) is 0 Å². The standard InChI is InChI=1S/C54H64F3NO6/c1-34(2)42-20-11-35(3)29-44(42)63-48(61)58(32-36-12-18-41(19-13-36)64-54(55,56)57)33-52(62)26-23-46-50(52,5)25-22-45-49(4)24-21-40(59)30-51(49)27-28-53(45,46)43(31-51)47(60)39-16-14-38(15-17-39)37-9-7-6-8-10-37/h6-10,12-19,27-28,31,34-35,40,42,44-46,59,62H,11,20-26,29-30,32-33H2,1-5H3. The van der Waals surface area contributed by atoms with Crippen LogP contribution in [0.3, 0.4) is 0 Å². The Bertz CT molecular complexity index is 2290. The van der Waals surface area contributed by atoms with Crippen LogP contribution < -0.4 is 4.74 Å². The topological polar surface area (TPSA) is 96.3 Å². The molecule has 4 fully saturated rings. The molecule has 11 unspecified atom stereocenters. The largest absolute Gasteiger partial charge is 0.573 e. The van der Waals surface area contributed by atoms with E-state index in [9.17, 15) is 28.2 Å². The Morgan fingerprint density at radius 2 is 1.48 bits per heavy atom. The van der Waals surface area contributed by atoms with Gasteiger partial charge in [0.1, 0.15) is 11.9 Å². The van der Waals surface area contributed by atoms with Gasteiger partial charge < -0.3 is 24.6 Å². The number of aliphatic hydroxyl groups excluding tert-OH is 1. The maximum Gasteiger partial charge on any atom is 0.573 e. The summed E-state index contributed by atoms with van der Waals surface area (Å²) in [5.41, 5.74) is 0.491. The second-order valence-corrected chi connectivity index (χ2v) is 21.4. The van der Waals surface area contributed by atoms with Crippen LogP contribution in [0.15, 0.2) is 103 Å². The van der Waals surface area contributed by atoms with Crippen LogP contribution >= 0.6 is 0 Å². The Hall–Kier alpha value is -4.41. The summed E-state index contributed by atoms with van der Waals surface area (Å²) >= 11 is 0. The van der Waals surface area contributed by atoms with E-state index >= 15 is 4.79 Å². The van der Waals surface area contributed by atoms with Crippen LogP contribution in [0.25, 0.3) is 11.1 Å². The minimum atomic E-state index is -4.84. The maximum absolute atomic E-state index is 15.3. The molecule has 0 heterocycles. The van der Waals surface area contributed by atoms with Crippen molar-refractivity contribution in [1.82, 2.24) is 4.90 Å². The number of carbonyl (C=O) groups is 2. The maximum atomic E-state index is 15.3. The summed E-state index contributed by atoms with van der Waals surface area (Å²) < 4.78 is 49.9. The predicted octanol–water partition coefficient (Wildman–Crippen LogP) is 12.1. The van der Waals surface area contributed by atoms with E-state index in [2.05, 4.69) is 69.7 Å². The Morgan fingerprint density at radius 1 is 0.828 bits per heavy atom. The molecule has 1 amide bonds. The summed E-state index contributed by atoms with van der Waals surface area (Å²) in [6, 6.07) is 23.5. The van der Waals surface area contributed by atoms with Gasteiger partial charge in [-0.05, 0) is 122 Å². The quantitative estimate of drug-likeness (QED) is 0.156. The molecule has 64 heavy (non-hydrogen) atoms. The van der Waals surface area contributed by atoms with Crippen molar-refractivity contribution in [2.24, 2.45) is 51.2 Å². The van der Waals surface area contributed by atoms with Crippen molar-refractivity contribution in [2.45, 2.75) is 130 Å². The number of aliphatic hydroxyl groups is 2. The highest BCUT2D eigenvalue weighted by atomic mass is 19.4. The lowest BCUT2D eigenvalue weighted by Crippen LogP contribution is -2.67. The number of amides is 1. The van der Waals surface area contributed by atoms with E-state index in [0.29, 0.717) is 55.1 Å². The number of fused-ring (bicyclic) bond motifs is 1. The first kappa shape index (κ1) is 44.8. The summed E-state index contributed by atoms with van der Waals surface area (Å²) in [7, 11) is 0. The van der Waals surface area contributed by atoms with Crippen LogP contribution in [-0.4, -0.2) is 57.7 Å². The number of halogens is 3. The molecular weight excluding hydrogens is 816 g/mol. The first-order chi connectivity index (χ1) is 30.3. The van der Waals surface area contributed by atoms with Crippen molar-refractivity contribution in [3.05, 3.63) is 114 Å². The van der Waals surface area contributed by atoms with Crippen molar-refractivity contribution in [1.29, 1.82) is 0 Å². The molecule has 0 radical (unpaired) electrons. The second kappa shape index (κ2) is 16.2. The molecule has 11 atom stereocenters. The zero-order valence-corrected chi connectivity index (χ0v) is 37.9. The minimum absolute atomic E-state index is 0.0159. The van der Waals surface area contributed by atoms with Crippen LogP contribution in [0.5, 0.6) is 5.75 Å². The van der Waals surface area contributed by atoms with Crippen LogP contribution in [0.4, 0.5) is 18.0 Å². The SMILES string of the molecule is CC1CCC(C(C)C)C(OC(=O)N(Cc2ccc(OC(F)(F)F)cc2)CC2(O)CCC3C45C=CC6(C=C4C(=O)c4ccc(-c7ccccc7)cc4)CC(O)CCC6(C)C5CCC32C)C1.